The number of hydrogen-bond donors (Lipinski definition) is 1. The molecule has 0 saturated carbocycles. The number of likely N-dealkylation sites (N-methyl/N-ethyl adjacent to an activating group) is 1. The first-order chi connectivity index (χ1) is 9.78. The van der Waals surface area contributed by atoms with Crippen molar-refractivity contribution in [3.05, 3.63) is 17.1 Å². The normalized spacial score (nSPS) is 20.6. The Kier molecular flexibility index (Phi) is 4.77. The molecule has 21 heavy (non-hydrogen) atoms. The predicted molar refractivity (Wildman–Crippen MR) is 81.5 cm³/mol. The molecule has 2 heterocycles. The maximum atomic E-state index is 13.0. The Morgan fingerprint density at radius 2 is 2.00 bits per heavy atom. The summed E-state index contributed by atoms with van der Waals surface area (Å²) in [6.07, 6.45) is 1.79. The highest BCUT2D eigenvalue weighted by atomic mass is 32.2. The van der Waals surface area contributed by atoms with E-state index in [9.17, 15) is 8.42 Å². The van der Waals surface area contributed by atoms with E-state index in [2.05, 4.69) is 0 Å². The van der Waals surface area contributed by atoms with Crippen LogP contribution in [-0.4, -0.2) is 50.8 Å². The summed E-state index contributed by atoms with van der Waals surface area (Å²) in [4.78, 5) is 2.30. The van der Waals surface area contributed by atoms with Crippen LogP contribution in [0.25, 0.3) is 0 Å². The Hall–Kier alpha value is -0.890. The van der Waals surface area contributed by atoms with Gasteiger partial charge in [0.25, 0.3) is 0 Å². The van der Waals surface area contributed by atoms with E-state index in [0.717, 1.165) is 19.4 Å². The smallest absolute Gasteiger partial charge is 0.247 e. The standard InChI is InChI=1S/C14H25N3O3S/c1-10-13(8-15)14(11(2)20-10)21(18,19)17-7-5-6-12(17)9-16(3)4/h12H,5-9,15H2,1-4H3. The van der Waals surface area contributed by atoms with Crippen LogP contribution in [0.5, 0.6) is 0 Å². The Bertz CT molecular complexity index is 607. The molecule has 0 radical (unpaired) electrons. The third kappa shape index (κ3) is 3.01. The van der Waals surface area contributed by atoms with Gasteiger partial charge in [0, 0.05) is 31.2 Å². The molecule has 2 N–H and O–H groups in total. The molecule has 0 aliphatic carbocycles. The molecule has 6 nitrogen and oxygen atoms in total. The first-order valence-corrected chi connectivity index (χ1v) is 8.68. The zero-order chi connectivity index (χ0) is 15.8. The van der Waals surface area contributed by atoms with E-state index in [1.54, 1.807) is 18.2 Å². The van der Waals surface area contributed by atoms with Crippen LogP contribution in [0.4, 0.5) is 0 Å². The molecule has 0 amide bonds. The third-order valence-corrected chi connectivity index (χ3v) is 6.14. The molecular weight excluding hydrogens is 290 g/mol. The van der Waals surface area contributed by atoms with Crippen molar-refractivity contribution in [2.24, 2.45) is 5.73 Å². The Morgan fingerprint density at radius 3 is 2.57 bits per heavy atom. The van der Waals surface area contributed by atoms with Crippen molar-refractivity contribution >= 4 is 10.0 Å². The van der Waals surface area contributed by atoms with Gasteiger partial charge in [0.1, 0.15) is 16.4 Å². The van der Waals surface area contributed by atoms with Gasteiger partial charge in [-0.3, -0.25) is 0 Å². The van der Waals surface area contributed by atoms with Crippen molar-refractivity contribution in [3.63, 3.8) is 0 Å². The SMILES string of the molecule is Cc1oc(C)c(S(=O)(=O)N2CCCC2CN(C)C)c1CN. The van der Waals surface area contributed by atoms with Crippen molar-refractivity contribution in [2.75, 3.05) is 27.2 Å². The topological polar surface area (TPSA) is 79.8 Å². The highest BCUT2D eigenvalue weighted by Crippen LogP contribution is 2.33. The van der Waals surface area contributed by atoms with Crippen LogP contribution in [0.3, 0.4) is 0 Å². The molecule has 120 valence electrons. The third-order valence-electron chi connectivity index (χ3n) is 3.99. The number of aryl methyl sites for hydroxylation is 2. The Morgan fingerprint density at radius 1 is 1.33 bits per heavy atom. The number of hydrogen-bond acceptors (Lipinski definition) is 5. The van der Waals surface area contributed by atoms with Gasteiger partial charge in [-0.05, 0) is 40.8 Å². The summed E-state index contributed by atoms with van der Waals surface area (Å²) in [6.45, 7) is 4.91. The summed E-state index contributed by atoms with van der Waals surface area (Å²) in [5.41, 5.74) is 6.32. The van der Waals surface area contributed by atoms with E-state index in [1.807, 2.05) is 19.0 Å². The molecule has 0 aromatic carbocycles. The van der Waals surface area contributed by atoms with Gasteiger partial charge >= 0.3 is 0 Å². The minimum Gasteiger partial charge on any atom is -0.465 e. The van der Waals surface area contributed by atoms with Crippen molar-refractivity contribution in [1.29, 1.82) is 0 Å². The second-order valence-electron chi connectivity index (χ2n) is 5.90. The summed E-state index contributed by atoms with van der Waals surface area (Å²) in [5, 5.41) is 0. The first-order valence-electron chi connectivity index (χ1n) is 7.24. The summed E-state index contributed by atoms with van der Waals surface area (Å²) in [7, 11) is 0.367. The molecule has 1 fully saturated rings. The fraction of sp³-hybridized carbons (Fsp3) is 0.714. The second-order valence-corrected chi connectivity index (χ2v) is 7.73. The number of nitrogens with two attached hydrogens (primary N) is 1. The minimum absolute atomic E-state index is 0.0187. The molecule has 2 rings (SSSR count). The lowest BCUT2D eigenvalue weighted by Crippen LogP contribution is -2.41. The maximum Gasteiger partial charge on any atom is 0.247 e. The molecular formula is C14H25N3O3S. The van der Waals surface area contributed by atoms with Crippen LogP contribution in [0.15, 0.2) is 9.31 Å². The van der Waals surface area contributed by atoms with Crippen molar-refractivity contribution in [3.8, 4) is 0 Å². The van der Waals surface area contributed by atoms with Crippen LogP contribution in [-0.2, 0) is 16.6 Å². The fourth-order valence-electron chi connectivity index (χ4n) is 3.13. The average Bonchev–Trinajstić information content (AvgIpc) is 2.93. The molecule has 1 saturated heterocycles. The summed E-state index contributed by atoms with van der Waals surface area (Å²) < 4.78 is 33.2. The van der Waals surface area contributed by atoms with Gasteiger partial charge in [-0.1, -0.05) is 0 Å². The highest BCUT2D eigenvalue weighted by Gasteiger charge is 2.38. The number of nitrogens with zero attached hydrogens (tertiary/aromatic N) is 2. The van der Waals surface area contributed by atoms with Crippen LogP contribution < -0.4 is 5.73 Å². The van der Waals surface area contributed by atoms with Crippen LogP contribution in [0.1, 0.15) is 29.9 Å². The molecule has 1 aliphatic rings. The van der Waals surface area contributed by atoms with Crippen molar-refractivity contribution in [1.82, 2.24) is 9.21 Å². The zero-order valence-electron chi connectivity index (χ0n) is 13.2. The lowest BCUT2D eigenvalue weighted by Gasteiger charge is -2.26. The van der Waals surface area contributed by atoms with Crippen molar-refractivity contribution < 1.29 is 12.8 Å². The molecule has 1 unspecified atom stereocenters. The number of furan rings is 1. The van der Waals surface area contributed by atoms with Gasteiger partial charge in [0.15, 0.2) is 0 Å². The lowest BCUT2D eigenvalue weighted by atomic mass is 10.2. The molecule has 7 heteroatoms. The maximum absolute atomic E-state index is 13.0. The van der Waals surface area contributed by atoms with Crippen LogP contribution >= 0.6 is 0 Å². The number of rotatable bonds is 5. The molecule has 1 atom stereocenters. The zero-order valence-corrected chi connectivity index (χ0v) is 14.0. The predicted octanol–water partition coefficient (Wildman–Crippen LogP) is 1.07. The van der Waals surface area contributed by atoms with E-state index < -0.39 is 10.0 Å². The molecule has 0 bridgehead atoms. The molecule has 1 aliphatic heterocycles. The molecule has 1 aromatic rings. The van der Waals surface area contributed by atoms with E-state index in [-0.39, 0.29) is 17.5 Å². The lowest BCUT2D eigenvalue weighted by molar-refractivity contribution is 0.291. The fourth-order valence-corrected chi connectivity index (χ4v) is 5.24. The van der Waals surface area contributed by atoms with Gasteiger partial charge in [-0.25, -0.2) is 8.42 Å². The average molecular weight is 315 g/mol. The first kappa shape index (κ1) is 16.5. The Labute approximate surface area is 126 Å². The summed E-state index contributed by atoms with van der Waals surface area (Å²) >= 11 is 0. The second kappa shape index (κ2) is 6.08. The van der Waals surface area contributed by atoms with E-state index >= 15 is 0 Å². The van der Waals surface area contributed by atoms with Gasteiger partial charge in [0.2, 0.25) is 10.0 Å². The molecule has 0 spiro atoms. The monoisotopic (exact) mass is 315 g/mol. The van der Waals surface area contributed by atoms with Gasteiger partial charge in [-0.15, -0.1) is 0 Å². The van der Waals surface area contributed by atoms with Crippen LogP contribution in [0, 0.1) is 13.8 Å². The van der Waals surface area contributed by atoms with E-state index in [4.69, 9.17) is 10.2 Å². The van der Waals surface area contributed by atoms with Crippen LogP contribution in [0.2, 0.25) is 0 Å². The quantitative estimate of drug-likeness (QED) is 0.879. The van der Waals surface area contributed by atoms with Gasteiger partial charge in [0.05, 0.1) is 0 Å². The summed E-state index contributed by atoms with van der Waals surface area (Å²) in [6, 6.07) is 0.0187. The summed E-state index contributed by atoms with van der Waals surface area (Å²) in [5.74, 6) is 1.03. The molecule has 1 aromatic heterocycles. The van der Waals surface area contributed by atoms with Crippen molar-refractivity contribution in [2.45, 2.75) is 44.2 Å². The minimum atomic E-state index is -3.55. The largest absolute Gasteiger partial charge is 0.465 e. The number of sulfonamides is 1. The highest BCUT2D eigenvalue weighted by molar-refractivity contribution is 7.89. The van der Waals surface area contributed by atoms with E-state index in [1.165, 1.54) is 0 Å². The van der Waals surface area contributed by atoms with Gasteiger partial charge in [-0.2, -0.15) is 4.31 Å². The van der Waals surface area contributed by atoms with Gasteiger partial charge < -0.3 is 15.1 Å². The Balaban J connectivity index is 2.42. The van der Waals surface area contributed by atoms with E-state index in [0.29, 0.717) is 23.6 Å².